The topological polar surface area (TPSA) is 51.5 Å². The van der Waals surface area contributed by atoms with Crippen molar-refractivity contribution in [2.75, 3.05) is 7.11 Å². The van der Waals surface area contributed by atoms with Crippen LogP contribution in [0.5, 0.6) is 5.75 Å². The van der Waals surface area contributed by atoms with Crippen LogP contribution in [0, 0.1) is 0 Å². The highest BCUT2D eigenvalue weighted by Crippen LogP contribution is 2.17. The molecule has 4 heteroatoms. The summed E-state index contributed by atoms with van der Waals surface area (Å²) in [5, 5.41) is 10.6. The third kappa shape index (κ3) is 2.41. The lowest BCUT2D eigenvalue weighted by Crippen LogP contribution is -2.17. The number of rotatable bonds is 3. The van der Waals surface area contributed by atoms with Gasteiger partial charge in [0.2, 0.25) is 0 Å². The molecule has 3 aromatic rings. The van der Waals surface area contributed by atoms with Gasteiger partial charge in [0.25, 0.3) is 5.56 Å². The second kappa shape index (κ2) is 5.42. The van der Waals surface area contributed by atoms with E-state index in [0.29, 0.717) is 5.39 Å². The Labute approximate surface area is 121 Å². The second-order valence-corrected chi connectivity index (χ2v) is 4.77. The maximum atomic E-state index is 12.6. The van der Waals surface area contributed by atoms with Crippen molar-refractivity contribution in [1.82, 2.24) is 4.57 Å². The zero-order chi connectivity index (χ0) is 14.8. The average molecular weight is 281 g/mol. The number of hydrogen-bond donors (Lipinski definition) is 1. The minimum absolute atomic E-state index is 0.0303. The van der Waals surface area contributed by atoms with Gasteiger partial charge in [-0.3, -0.25) is 9.36 Å². The van der Waals surface area contributed by atoms with Crippen molar-refractivity contribution in [1.29, 1.82) is 0 Å². The maximum absolute atomic E-state index is 12.6. The predicted molar refractivity (Wildman–Crippen MR) is 82.0 cm³/mol. The van der Waals surface area contributed by atoms with Gasteiger partial charge in [-0.2, -0.15) is 0 Å². The van der Waals surface area contributed by atoms with Crippen molar-refractivity contribution in [3.63, 3.8) is 0 Å². The highest BCUT2D eigenvalue weighted by Gasteiger charge is 2.05. The molecule has 1 aromatic heterocycles. The van der Waals surface area contributed by atoms with Crippen LogP contribution in [0.2, 0.25) is 0 Å². The third-order valence-corrected chi connectivity index (χ3v) is 3.50. The lowest BCUT2D eigenvalue weighted by Gasteiger charge is -2.09. The van der Waals surface area contributed by atoms with Crippen LogP contribution in [0.3, 0.4) is 0 Å². The molecule has 0 aliphatic heterocycles. The minimum atomic E-state index is -0.0813. The second-order valence-electron chi connectivity index (χ2n) is 4.77. The normalized spacial score (nSPS) is 10.8. The van der Waals surface area contributed by atoms with Crippen molar-refractivity contribution >= 4 is 10.8 Å². The Morgan fingerprint density at radius 2 is 1.86 bits per heavy atom. The van der Waals surface area contributed by atoms with Gasteiger partial charge in [-0.05, 0) is 53.4 Å². The standard InChI is InChI=1S/C17H15NO3/c1-21-15-5-3-14(4-6-15)18-9-8-13-10-12(11-19)2-7-16(13)17(18)20/h2-10,19H,11H2,1H3. The summed E-state index contributed by atoms with van der Waals surface area (Å²) in [6.45, 7) is -0.0303. The molecule has 21 heavy (non-hydrogen) atoms. The first-order valence-corrected chi connectivity index (χ1v) is 6.62. The number of fused-ring (bicyclic) bond motifs is 1. The van der Waals surface area contributed by atoms with Crippen molar-refractivity contribution in [3.05, 3.63) is 70.6 Å². The predicted octanol–water partition coefficient (Wildman–Crippen LogP) is 2.49. The highest BCUT2D eigenvalue weighted by molar-refractivity contribution is 5.82. The van der Waals surface area contributed by atoms with Crippen LogP contribution >= 0.6 is 0 Å². The Balaban J connectivity index is 2.15. The number of hydrogen-bond acceptors (Lipinski definition) is 3. The van der Waals surface area contributed by atoms with Crippen LogP contribution in [0.15, 0.2) is 59.5 Å². The van der Waals surface area contributed by atoms with Crippen LogP contribution in [-0.4, -0.2) is 16.8 Å². The van der Waals surface area contributed by atoms with Crippen LogP contribution in [0.4, 0.5) is 0 Å². The average Bonchev–Trinajstić information content (AvgIpc) is 2.55. The number of benzene rings is 2. The number of ether oxygens (including phenoxy) is 1. The van der Waals surface area contributed by atoms with Gasteiger partial charge in [-0.25, -0.2) is 0 Å². The molecule has 0 unspecified atom stereocenters. The summed E-state index contributed by atoms with van der Waals surface area (Å²) in [5.74, 6) is 0.750. The molecule has 1 heterocycles. The molecule has 0 atom stereocenters. The van der Waals surface area contributed by atoms with E-state index in [4.69, 9.17) is 9.84 Å². The van der Waals surface area contributed by atoms with E-state index < -0.39 is 0 Å². The molecular weight excluding hydrogens is 266 g/mol. The van der Waals surface area contributed by atoms with Crippen LogP contribution < -0.4 is 10.3 Å². The molecule has 0 saturated carbocycles. The van der Waals surface area contributed by atoms with E-state index in [1.54, 1.807) is 30.0 Å². The first-order valence-electron chi connectivity index (χ1n) is 6.62. The van der Waals surface area contributed by atoms with E-state index in [1.807, 2.05) is 36.4 Å². The molecule has 0 spiro atoms. The molecule has 0 saturated heterocycles. The van der Waals surface area contributed by atoms with Crippen molar-refractivity contribution < 1.29 is 9.84 Å². The molecule has 0 radical (unpaired) electrons. The molecule has 4 nitrogen and oxygen atoms in total. The van der Waals surface area contributed by atoms with Gasteiger partial charge in [-0.15, -0.1) is 0 Å². The molecule has 0 amide bonds. The highest BCUT2D eigenvalue weighted by atomic mass is 16.5. The fourth-order valence-electron chi connectivity index (χ4n) is 2.34. The molecule has 2 aromatic carbocycles. The molecule has 106 valence electrons. The summed E-state index contributed by atoms with van der Waals surface area (Å²) in [6.07, 6.45) is 1.74. The van der Waals surface area contributed by atoms with Crippen LogP contribution in [-0.2, 0) is 6.61 Å². The van der Waals surface area contributed by atoms with Gasteiger partial charge in [-0.1, -0.05) is 6.07 Å². The van der Waals surface area contributed by atoms with Gasteiger partial charge >= 0.3 is 0 Å². The molecule has 0 aliphatic carbocycles. The lowest BCUT2D eigenvalue weighted by atomic mass is 10.1. The molecule has 1 N–H and O–H groups in total. The SMILES string of the molecule is COc1ccc(-n2ccc3cc(CO)ccc3c2=O)cc1. The molecule has 0 fully saturated rings. The zero-order valence-electron chi connectivity index (χ0n) is 11.6. The number of aliphatic hydroxyl groups is 1. The van der Waals surface area contributed by atoms with E-state index in [-0.39, 0.29) is 12.2 Å². The molecule has 0 aliphatic rings. The summed E-state index contributed by atoms with van der Waals surface area (Å²) in [4.78, 5) is 12.6. The summed E-state index contributed by atoms with van der Waals surface area (Å²) in [5.41, 5.74) is 1.50. The first kappa shape index (κ1) is 13.4. The summed E-state index contributed by atoms with van der Waals surface area (Å²) < 4.78 is 6.72. The Bertz CT molecular complexity index is 835. The first-order chi connectivity index (χ1) is 10.2. The molecular formula is C17H15NO3. The van der Waals surface area contributed by atoms with Crippen LogP contribution in [0.25, 0.3) is 16.5 Å². The van der Waals surface area contributed by atoms with Gasteiger partial charge in [0.05, 0.1) is 13.7 Å². The van der Waals surface area contributed by atoms with E-state index >= 15 is 0 Å². The van der Waals surface area contributed by atoms with Gasteiger partial charge < -0.3 is 9.84 Å². The number of aliphatic hydroxyl groups excluding tert-OH is 1. The summed E-state index contributed by atoms with van der Waals surface area (Å²) in [6, 6.07) is 14.5. The molecule has 3 rings (SSSR count). The van der Waals surface area contributed by atoms with Crippen molar-refractivity contribution in [3.8, 4) is 11.4 Å². The van der Waals surface area contributed by atoms with Crippen molar-refractivity contribution in [2.24, 2.45) is 0 Å². The number of aromatic nitrogens is 1. The summed E-state index contributed by atoms with van der Waals surface area (Å²) in [7, 11) is 1.61. The Morgan fingerprint density at radius 3 is 2.52 bits per heavy atom. The number of pyridine rings is 1. The van der Waals surface area contributed by atoms with E-state index in [9.17, 15) is 4.79 Å². The Morgan fingerprint density at radius 1 is 1.10 bits per heavy atom. The van der Waals surface area contributed by atoms with E-state index in [0.717, 1.165) is 22.4 Å². The fraction of sp³-hybridized carbons (Fsp3) is 0.118. The van der Waals surface area contributed by atoms with Crippen LogP contribution in [0.1, 0.15) is 5.56 Å². The van der Waals surface area contributed by atoms with Gasteiger partial charge in [0.1, 0.15) is 5.75 Å². The Kier molecular flexibility index (Phi) is 3.46. The lowest BCUT2D eigenvalue weighted by molar-refractivity contribution is 0.282. The number of nitrogens with zero attached hydrogens (tertiary/aromatic N) is 1. The van der Waals surface area contributed by atoms with E-state index in [2.05, 4.69) is 0 Å². The van der Waals surface area contributed by atoms with Crippen molar-refractivity contribution in [2.45, 2.75) is 6.61 Å². The zero-order valence-corrected chi connectivity index (χ0v) is 11.6. The largest absolute Gasteiger partial charge is 0.497 e. The van der Waals surface area contributed by atoms with Gasteiger partial charge in [0, 0.05) is 17.3 Å². The Hall–Kier alpha value is -2.59. The molecule has 0 bridgehead atoms. The van der Waals surface area contributed by atoms with E-state index in [1.165, 1.54) is 0 Å². The fourth-order valence-corrected chi connectivity index (χ4v) is 2.34. The minimum Gasteiger partial charge on any atom is -0.497 e. The third-order valence-electron chi connectivity index (χ3n) is 3.50. The quantitative estimate of drug-likeness (QED) is 0.802. The number of methoxy groups -OCH3 is 1. The smallest absolute Gasteiger partial charge is 0.262 e. The summed E-state index contributed by atoms with van der Waals surface area (Å²) >= 11 is 0. The maximum Gasteiger partial charge on any atom is 0.262 e. The monoisotopic (exact) mass is 281 g/mol. The van der Waals surface area contributed by atoms with Gasteiger partial charge in [0.15, 0.2) is 0 Å².